The van der Waals surface area contributed by atoms with Gasteiger partial charge in [0.2, 0.25) is 0 Å². The molecule has 1 fully saturated rings. The van der Waals surface area contributed by atoms with Crippen molar-refractivity contribution in [2.45, 2.75) is 44.4 Å². The molecule has 0 radical (unpaired) electrons. The number of halogens is 1. The van der Waals surface area contributed by atoms with Crippen molar-refractivity contribution in [1.29, 1.82) is 0 Å². The fourth-order valence-electron chi connectivity index (χ4n) is 1.86. The molecule has 1 saturated carbocycles. The molecule has 2 nitrogen and oxygen atoms in total. The van der Waals surface area contributed by atoms with Crippen molar-refractivity contribution in [3.05, 3.63) is 35.6 Å². The first-order valence-corrected chi connectivity index (χ1v) is 7.46. The molecule has 0 amide bonds. The fraction of sp³-hybridized carbons (Fsp3) is 0.571. The van der Waals surface area contributed by atoms with Gasteiger partial charge in [-0.1, -0.05) is 12.1 Å². The number of nitrogens with one attached hydrogen (secondary N) is 1. The summed E-state index contributed by atoms with van der Waals surface area (Å²) in [4.78, 5) is 0. The highest BCUT2D eigenvalue weighted by Gasteiger charge is 2.35. The minimum atomic E-state index is -1.13. The Morgan fingerprint density at radius 3 is 2.56 bits per heavy atom. The van der Waals surface area contributed by atoms with Crippen LogP contribution in [0.25, 0.3) is 0 Å². The summed E-state index contributed by atoms with van der Waals surface area (Å²) in [6, 6.07) is 6.59. The van der Waals surface area contributed by atoms with Crippen molar-refractivity contribution >= 4 is 11.0 Å². The Morgan fingerprint density at radius 2 is 2.06 bits per heavy atom. The Bertz CT molecular complexity index is 451. The lowest BCUT2D eigenvalue weighted by atomic mass is 10.0. The smallest absolute Gasteiger partial charge is 0.123 e. The second-order valence-corrected chi connectivity index (χ2v) is 7.87. The molecule has 4 heteroatoms. The van der Waals surface area contributed by atoms with E-state index in [0.29, 0.717) is 5.92 Å². The second-order valence-electron chi connectivity index (χ2n) is 5.87. The second kappa shape index (κ2) is 5.10. The van der Waals surface area contributed by atoms with Crippen molar-refractivity contribution in [1.82, 2.24) is 4.72 Å². The molecule has 0 saturated heterocycles. The molecular weight excluding hydrogens is 249 g/mol. The molecule has 2 rings (SSSR count). The van der Waals surface area contributed by atoms with Crippen LogP contribution in [0.1, 0.15) is 45.2 Å². The molecule has 0 aliphatic heterocycles. The van der Waals surface area contributed by atoms with Crippen LogP contribution in [0.15, 0.2) is 24.3 Å². The largest absolute Gasteiger partial charge is 0.242 e. The minimum absolute atomic E-state index is 0.000702. The Labute approximate surface area is 111 Å². The van der Waals surface area contributed by atoms with Gasteiger partial charge in [-0.15, -0.1) is 0 Å². The van der Waals surface area contributed by atoms with E-state index in [1.165, 1.54) is 12.1 Å². The van der Waals surface area contributed by atoms with E-state index in [-0.39, 0.29) is 16.6 Å². The lowest BCUT2D eigenvalue weighted by Crippen LogP contribution is -2.36. The van der Waals surface area contributed by atoms with Gasteiger partial charge in [-0.3, -0.25) is 0 Å². The number of rotatable bonds is 4. The molecule has 0 heterocycles. The van der Waals surface area contributed by atoms with Gasteiger partial charge in [0.15, 0.2) is 0 Å². The van der Waals surface area contributed by atoms with Gasteiger partial charge in [-0.25, -0.2) is 13.3 Å². The van der Waals surface area contributed by atoms with E-state index in [1.54, 1.807) is 6.07 Å². The van der Waals surface area contributed by atoms with Crippen LogP contribution in [0.5, 0.6) is 0 Å². The van der Waals surface area contributed by atoms with Crippen molar-refractivity contribution < 1.29 is 8.60 Å². The van der Waals surface area contributed by atoms with Gasteiger partial charge in [0.05, 0.1) is 15.7 Å². The van der Waals surface area contributed by atoms with Crippen molar-refractivity contribution in [2.75, 3.05) is 0 Å². The molecule has 0 aromatic heterocycles. The van der Waals surface area contributed by atoms with Crippen LogP contribution in [0, 0.1) is 11.7 Å². The predicted octanol–water partition coefficient (Wildman–Crippen LogP) is 3.33. The normalized spacial score (nSPS) is 19.6. The van der Waals surface area contributed by atoms with Crippen LogP contribution in [0.3, 0.4) is 0 Å². The van der Waals surface area contributed by atoms with E-state index >= 15 is 0 Å². The summed E-state index contributed by atoms with van der Waals surface area (Å²) >= 11 is 0. The summed E-state index contributed by atoms with van der Waals surface area (Å²) < 4.78 is 28.3. The van der Waals surface area contributed by atoms with Crippen LogP contribution in [-0.4, -0.2) is 8.96 Å². The molecule has 0 bridgehead atoms. The molecule has 18 heavy (non-hydrogen) atoms. The number of benzene rings is 1. The molecule has 1 N–H and O–H groups in total. The summed E-state index contributed by atoms with van der Waals surface area (Å²) in [5.74, 6) is 0.250. The van der Waals surface area contributed by atoms with Gasteiger partial charge in [0, 0.05) is 6.04 Å². The molecule has 0 spiro atoms. The Kier molecular flexibility index (Phi) is 3.87. The lowest BCUT2D eigenvalue weighted by molar-refractivity contribution is 0.550. The highest BCUT2D eigenvalue weighted by atomic mass is 32.2. The quantitative estimate of drug-likeness (QED) is 0.892. The molecule has 2 atom stereocenters. The molecule has 0 unspecified atom stereocenters. The lowest BCUT2D eigenvalue weighted by Gasteiger charge is -2.24. The minimum Gasteiger partial charge on any atom is -0.242 e. The van der Waals surface area contributed by atoms with E-state index in [4.69, 9.17) is 0 Å². The van der Waals surface area contributed by atoms with E-state index in [0.717, 1.165) is 18.4 Å². The van der Waals surface area contributed by atoms with E-state index in [1.807, 2.05) is 26.8 Å². The maximum atomic E-state index is 13.3. The Morgan fingerprint density at radius 1 is 1.39 bits per heavy atom. The van der Waals surface area contributed by atoms with E-state index < -0.39 is 11.0 Å². The van der Waals surface area contributed by atoms with Gasteiger partial charge in [-0.2, -0.15) is 0 Å². The standard InChI is InChI=1S/C14H20FNOS/c1-14(2,3)18(17)16-13(10-7-8-10)11-5-4-6-12(15)9-11/h4-6,9-10,13,16H,7-8H2,1-3H3/t13-,18-/m1/s1. The summed E-state index contributed by atoms with van der Waals surface area (Å²) in [5, 5.41) is 0. The zero-order valence-corrected chi connectivity index (χ0v) is 11.9. The molecule has 1 aromatic carbocycles. The van der Waals surface area contributed by atoms with E-state index in [9.17, 15) is 8.60 Å². The van der Waals surface area contributed by atoms with Crippen LogP contribution in [-0.2, 0) is 11.0 Å². The van der Waals surface area contributed by atoms with Crippen molar-refractivity contribution in [3.63, 3.8) is 0 Å². The Hall–Kier alpha value is -0.740. The predicted molar refractivity (Wildman–Crippen MR) is 72.9 cm³/mol. The van der Waals surface area contributed by atoms with Gasteiger partial charge in [-0.05, 0) is 57.2 Å². The SMILES string of the molecule is CC(C)(C)[S@@](=O)N[C@@H](c1cccc(F)c1)C1CC1. The van der Waals surface area contributed by atoms with Crippen LogP contribution < -0.4 is 4.72 Å². The summed E-state index contributed by atoms with van der Waals surface area (Å²) in [5.41, 5.74) is 0.898. The van der Waals surface area contributed by atoms with Crippen LogP contribution in [0.4, 0.5) is 4.39 Å². The monoisotopic (exact) mass is 269 g/mol. The first-order chi connectivity index (χ1) is 8.38. The van der Waals surface area contributed by atoms with Gasteiger partial charge < -0.3 is 0 Å². The van der Waals surface area contributed by atoms with E-state index in [2.05, 4.69) is 4.72 Å². The van der Waals surface area contributed by atoms with Crippen LogP contribution in [0.2, 0.25) is 0 Å². The first kappa shape index (κ1) is 13.7. The highest BCUT2D eigenvalue weighted by molar-refractivity contribution is 7.84. The molecular formula is C14H20FNOS. The van der Waals surface area contributed by atoms with Crippen molar-refractivity contribution in [3.8, 4) is 0 Å². The number of hydrogen-bond donors (Lipinski definition) is 1. The van der Waals surface area contributed by atoms with Gasteiger partial charge >= 0.3 is 0 Å². The maximum absolute atomic E-state index is 13.3. The third-order valence-electron chi connectivity index (χ3n) is 3.09. The third-order valence-corrected chi connectivity index (χ3v) is 4.67. The van der Waals surface area contributed by atoms with Crippen LogP contribution >= 0.6 is 0 Å². The summed E-state index contributed by atoms with van der Waals surface area (Å²) in [7, 11) is -1.13. The molecule has 1 aromatic rings. The summed E-state index contributed by atoms with van der Waals surface area (Å²) in [6.07, 6.45) is 2.24. The van der Waals surface area contributed by atoms with Gasteiger partial charge in [0.1, 0.15) is 5.82 Å². The third kappa shape index (κ3) is 3.39. The zero-order valence-electron chi connectivity index (χ0n) is 11.1. The highest BCUT2D eigenvalue weighted by Crippen LogP contribution is 2.41. The first-order valence-electron chi connectivity index (χ1n) is 6.31. The number of hydrogen-bond acceptors (Lipinski definition) is 1. The maximum Gasteiger partial charge on any atom is 0.123 e. The van der Waals surface area contributed by atoms with Crippen molar-refractivity contribution in [2.24, 2.45) is 5.92 Å². The fourth-order valence-corrected chi connectivity index (χ4v) is 2.77. The molecule has 1 aliphatic carbocycles. The average molecular weight is 269 g/mol. The molecule has 1 aliphatic rings. The molecule has 100 valence electrons. The Balaban J connectivity index is 2.17. The average Bonchev–Trinajstić information content (AvgIpc) is 3.08. The topological polar surface area (TPSA) is 29.1 Å². The van der Waals surface area contributed by atoms with Gasteiger partial charge in [0.25, 0.3) is 0 Å². The summed E-state index contributed by atoms with van der Waals surface area (Å²) in [6.45, 7) is 5.81. The zero-order chi connectivity index (χ0) is 13.3.